The van der Waals surface area contributed by atoms with Crippen molar-refractivity contribution < 1.29 is 27.6 Å². The molecule has 77 heavy (non-hydrogen) atoms. The number of ketones is 2. The van der Waals surface area contributed by atoms with Crippen LogP contribution < -0.4 is 21.3 Å². The van der Waals surface area contributed by atoms with E-state index in [1.165, 1.54) is 47.1 Å². The number of hydrogen-bond acceptors (Lipinski definition) is 16. The Bertz CT molecular complexity index is 3430. The Labute approximate surface area is 467 Å². The molecule has 2 aliphatic rings. The van der Waals surface area contributed by atoms with Gasteiger partial charge in [-0.25, -0.2) is 42.9 Å². The number of pyridine rings is 3. The average Bonchev–Trinajstić information content (AvgIpc) is 4.34. The third kappa shape index (κ3) is 14.8. The van der Waals surface area contributed by atoms with Gasteiger partial charge in [0.15, 0.2) is 31.1 Å². The number of Topliss-reactive ketones (excluding diaryl/α,β-unsaturated/α-hetero) is 2. The number of benzene rings is 3. The van der Waals surface area contributed by atoms with Crippen molar-refractivity contribution in [3.05, 3.63) is 174 Å². The summed E-state index contributed by atoms with van der Waals surface area (Å²) in [4.78, 5) is 76.1. The summed E-state index contributed by atoms with van der Waals surface area (Å²) >= 11 is 6.93. The van der Waals surface area contributed by atoms with Gasteiger partial charge in [0.25, 0.3) is 0 Å². The van der Waals surface area contributed by atoms with Crippen LogP contribution in [-0.2, 0) is 21.3 Å². The molecule has 4 amide bonds. The second-order valence-electron chi connectivity index (χ2n) is 17.9. The summed E-state index contributed by atoms with van der Waals surface area (Å²) in [7, 11) is -3.96. The van der Waals surface area contributed by atoms with Gasteiger partial charge in [-0.2, -0.15) is 0 Å². The number of anilines is 4. The first-order valence-corrected chi connectivity index (χ1v) is 30.8. The molecular formula is C56H53N9O6S6. The van der Waals surface area contributed by atoms with Gasteiger partial charge in [0.2, 0.25) is 9.84 Å². The molecule has 394 valence electrons. The summed E-state index contributed by atoms with van der Waals surface area (Å²) in [6.07, 6.45) is 12.4. The van der Waals surface area contributed by atoms with E-state index in [0.717, 1.165) is 93.0 Å². The molecule has 0 spiro atoms. The number of urea groups is 2. The second-order valence-corrected chi connectivity index (χ2v) is 25.4. The summed E-state index contributed by atoms with van der Waals surface area (Å²) in [5.41, 5.74) is 3.48. The van der Waals surface area contributed by atoms with E-state index in [1.54, 1.807) is 60.6 Å². The molecule has 0 atom stereocenters. The zero-order valence-electron chi connectivity index (χ0n) is 41.7. The van der Waals surface area contributed by atoms with Gasteiger partial charge < -0.3 is 5.32 Å². The van der Waals surface area contributed by atoms with Gasteiger partial charge in [-0.15, -0.1) is 23.5 Å². The molecule has 5 heterocycles. The minimum absolute atomic E-state index is 0.00243. The lowest BCUT2D eigenvalue weighted by Crippen LogP contribution is -2.23. The van der Waals surface area contributed by atoms with Crippen LogP contribution in [0.15, 0.2) is 174 Å². The molecule has 0 radical (unpaired) electrons. The van der Waals surface area contributed by atoms with E-state index in [2.05, 4.69) is 53.3 Å². The smallest absolute Gasteiger partial charge is 0.307 e. The monoisotopic (exact) mass is 1140 g/mol. The molecule has 2 saturated carbocycles. The quantitative estimate of drug-likeness (QED) is 0.0465. The van der Waals surface area contributed by atoms with Crippen LogP contribution in [0.5, 0.6) is 0 Å². The van der Waals surface area contributed by atoms with Crippen molar-refractivity contribution >= 4 is 113 Å². The third-order valence-corrected chi connectivity index (χ3v) is 19.9. The van der Waals surface area contributed by atoms with Crippen LogP contribution in [0.2, 0.25) is 0 Å². The fourth-order valence-electron chi connectivity index (χ4n) is 8.67. The van der Waals surface area contributed by atoms with Gasteiger partial charge >= 0.3 is 12.1 Å². The van der Waals surface area contributed by atoms with Crippen LogP contribution in [0.3, 0.4) is 0 Å². The number of hydrogen-bond donors (Lipinski definition) is 4. The number of nitrogens with one attached hydrogen (secondary N) is 4. The predicted molar refractivity (Wildman–Crippen MR) is 308 cm³/mol. The highest BCUT2D eigenvalue weighted by Crippen LogP contribution is 2.40. The molecule has 3 aromatic carbocycles. The first-order chi connectivity index (χ1) is 37.5. The number of amides is 4. The highest BCUT2D eigenvalue weighted by molar-refractivity contribution is 8.01. The molecule has 2 fully saturated rings. The van der Waals surface area contributed by atoms with E-state index >= 15 is 0 Å². The second kappa shape index (κ2) is 26.5. The fourth-order valence-corrected chi connectivity index (χ4v) is 15.5. The van der Waals surface area contributed by atoms with Crippen LogP contribution in [0, 0.1) is 18.8 Å². The van der Waals surface area contributed by atoms with E-state index < -0.39 is 21.9 Å². The van der Waals surface area contributed by atoms with Crippen molar-refractivity contribution in [2.45, 2.75) is 98.1 Å². The Balaban J connectivity index is 0.000000188. The van der Waals surface area contributed by atoms with Crippen molar-refractivity contribution in [3.8, 4) is 0 Å². The Morgan fingerprint density at radius 1 is 0.571 bits per heavy atom. The topological polar surface area (TPSA) is 215 Å². The number of carbonyl (C=O) groups is 4. The van der Waals surface area contributed by atoms with E-state index in [1.807, 2.05) is 79.7 Å². The Morgan fingerprint density at radius 3 is 1.75 bits per heavy atom. The lowest BCUT2D eigenvalue weighted by molar-refractivity contribution is 0.0916. The van der Waals surface area contributed by atoms with Crippen LogP contribution in [0.25, 0.3) is 0 Å². The largest absolute Gasteiger partial charge is 0.326 e. The van der Waals surface area contributed by atoms with Crippen molar-refractivity contribution in [2.75, 3.05) is 21.3 Å². The maximum Gasteiger partial charge on any atom is 0.326 e. The fraction of sp³-hybridized carbons (Fsp3) is 0.232. The average molecular weight is 1140 g/mol. The van der Waals surface area contributed by atoms with Crippen molar-refractivity contribution in [1.82, 2.24) is 24.9 Å². The lowest BCUT2D eigenvalue weighted by atomic mass is 9.94. The number of nitrogens with zero attached hydrogens (tertiary/aromatic N) is 5. The summed E-state index contributed by atoms with van der Waals surface area (Å²) in [5, 5.41) is 12.4. The molecule has 0 aliphatic heterocycles. The van der Waals surface area contributed by atoms with Crippen LogP contribution >= 0.6 is 58.0 Å². The minimum atomic E-state index is -3.96. The molecule has 0 saturated heterocycles. The van der Waals surface area contributed by atoms with Gasteiger partial charge in [-0.05, 0) is 105 Å². The SMILES string of the molecule is Cc1ccc(NC(=O)Nc2nc(CSc3ccccc3)c(S(=O)(=O)c3ccccn3)s2)c(C(=O)C2CCCC2)c1.O=C(Nc1nc(CSc2ccccc2)c(Sc2ccccn2)s1)Nc1ncccc1C(=O)C1CCCC1. The Hall–Kier alpha value is -6.75. The molecule has 15 nitrogen and oxygen atoms in total. The van der Waals surface area contributed by atoms with E-state index in [4.69, 9.17) is 4.98 Å². The summed E-state index contributed by atoms with van der Waals surface area (Å²) in [6.45, 7) is 1.91. The summed E-state index contributed by atoms with van der Waals surface area (Å²) in [5.74, 6) is 1.26. The molecule has 4 N–H and O–H groups in total. The Morgan fingerprint density at radius 2 is 1.13 bits per heavy atom. The maximum atomic E-state index is 13.5. The number of carbonyl (C=O) groups excluding carboxylic acids is 4. The molecular weight excluding hydrogens is 1090 g/mol. The molecule has 5 aromatic heterocycles. The van der Waals surface area contributed by atoms with Crippen molar-refractivity contribution in [3.63, 3.8) is 0 Å². The van der Waals surface area contributed by atoms with E-state index in [0.29, 0.717) is 33.4 Å². The highest BCUT2D eigenvalue weighted by atomic mass is 32.2. The zero-order valence-corrected chi connectivity index (χ0v) is 46.6. The number of aromatic nitrogens is 5. The molecule has 21 heteroatoms. The van der Waals surface area contributed by atoms with Gasteiger partial charge in [0.1, 0.15) is 10.8 Å². The normalized spacial score (nSPS) is 13.6. The van der Waals surface area contributed by atoms with E-state index in [9.17, 15) is 27.6 Å². The van der Waals surface area contributed by atoms with Crippen LogP contribution in [-0.4, -0.2) is 57.0 Å². The standard InChI is InChI=1S/C29H28N4O4S3.C27H25N5O2S3/c1-19-14-15-23(22(17-19)26(34)20-9-5-6-10-20)31-28(35)33-29-32-24(18-38-21-11-3-2-4-12-21)27(39-29)40(36,37)25-13-7-8-16-30-25;33-23(18-9-4-5-10-18)20-13-8-16-29-24(20)31-26(34)32-27-30-21(17-35-19-11-2-1-3-12-19)25(37-27)36-22-14-6-7-15-28-22/h2-4,7-8,11-17,20H,5-6,9-10,18H2,1H3,(H2,31,32,33,35);1-3,6-8,11-16,18H,4-5,9-10,17H2,(H2,29,30,31,32,34). The third-order valence-electron chi connectivity index (χ3n) is 12.4. The zero-order chi connectivity index (χ0) is 53.6. The predicted octanol–water partition coefficient (Wildman–Crippen LogP) is 14.4. The molecule has 0 unspecified atom stereocenters. The number of aryl methyl sites for hydroxylation is 1. The van der Waals surface area contributed by atoms with Gasteiger partial charge in [0, 0.05) is 57.3 Å². The maximum absolute atomic E-state index is 13.5. The van der Waals surface area contributed by atoms with Crippen molar-refractivity contribution in [2.24, 2.45) is 11.8 Å². The summed E-state index contributed by atoms with van der Waals surface area (Å²) < 4.78 is 27.9. The minimum Gasteiger partial charge on any atom is -0.307 e. The number of rotatable bonds is 18. The molecule has 0 bridgehead atoms. The van der Waals surface area contributed by atoms with Crippen molar-refractivity contribution in [1.29, 1.82) is 0 Å². The van der Waals surface area contributed by atoms with Gasteiger partial charge in [0.05, 0.1) is 26.8 Å². The van der Waals surface area contributed by atoms with Gasteiger partial charge in [-0.1, -0.05) is 120 Å². The molecule has 8 aromatic rings. The molecule has 2 aliphatic carbocycles. The van der Waals surface area contributed by atoms with E-state index in [-0.39, 0.29) is 49.3 Å². The summed E-state index contributed by atoms with van der Waals surface area (Å²) in [6, 6.07) is 37.9. The Kier molecular flexibility index (Phi) is 19.0. The molecule has 10 rings (SSSR count). The lowest BCUT2D eigenvalue weighted by Gasteiger charge is -2.14. The first-order valence-electron chi connectivity index (χ1n) is 24.9. The van der Waals surface area contributed by atoms with Gasteiger partial charge in [-0.3, -0.25) is 25.5 Å². The highest BCUT2D eigenvalue weighted by Gasteiger charge is 2.30. The first kappa shape index (κ1) is 55.0. The van der Waals surface area contributed by atoms with Crippen LogP contribution in [0.4, 0.5) is 31.4 Å². The van der Waals surface area contributed by atoms with Crippen LogP contribution in [0.1, 0.15) is 89.0 Å². The number of thioether (sulfide) groups is 2. The number of thiazole rings is 2. The number of sulfone groups is 1.